The molecule has 0 saturated carbocycles. The number of carboxylic acids is 1. The minimum atomic E-state index is -4.38. The normalized spacial score (nSPS) is 12.7. The summed E-state index contributed by atoms with van der Waals surface area (Å²) in [6, 6.07) is 13.3. The number of hydrogen-bond acceptors (Lipinski definition) is 3. The standard InChI is InChI=1S/C19H15F3N2O2/c20-19(21,22)10-17(12-5-7-13(8-6-12)18(25)26)24-15-9-14-3-1-2-4-16(14)23-11-15/h1-9,11,17,24H,10H2,(H,25,26). The Hall–Kier alpha value is -3.09. The van der Waals surface area contributed by atoms with E-state index in [4.69, 9.17) is 5.11 Å². The predicted octanol–water partition coefficient (Wildman–Crippen LogP) is 5.04. The molecule has 7 heteroatoms. The van der Waals surface area contributed by atoms with Crippen molar-refractivity contribution in [1.29, 1.82) is 0 Å². The number of halogens is 3. The highest BCUT2D eigenvalue weighted by Gasteiger charge is 2.32. The minimum absolute atomic E-state index is 0.0203. The maximum absolute atomic E-state index is 13.0. The Morgan fingerprint density at radius 3 is 2.46 bits per heavy atom. The SMILES string of the molecule is O=C(O)c1ccc(C(CC(F)(F)F)Nc2cnc3ccccc3c2)cc1. The lowest BCUT2D eigenvalue weighted by molar-refractivity contribution is -0.137. The number of anilines is 1. The summed E-state index contributed by atoms with van der Waals surface area (Å²) in [7, 11) is 0. The Kier molecular flexibility index (Phi) is 4.79. The number of para-hydroxylation sites is 1. The van der Waals surface area contributed by atoms with Gasteiger partial charge in [-0.2, -0.15) is 13.2 Å². The summed E-state index contributed by atoms with van der Waals surface area (Å²) in [6.07, 6.45) is -3.99. The van der Waals surface area contributed by atoms with Crippen molar-refractivity contribution in [3.63, 3.8) is 0 Å². The highest BCUT2D eigenvalue weighted by atomic mass is 19.4. The third-order valence-electron chi connectivity index (χ3n) is 3.93. The Labute approximate surface area is 147 Å². The molecule has 0 bridgehead atoms. The molecule has 0 aliphatic heterocycles. The van der Waals surface area contributed by atoms with Crippen LogP contribution in [0.2, 0.25) is 0 Å². The van der Waals surface area contributed by atoms with Crippen LogP contribution in [0.4, 0.5) is 18.9 Å². The maximum atomic E-state index is 13.0. The number of carboxylic acid groups (broad SMARTS) is 1. The average Bonchev–Trinajstić information content (AvgIpc) is 2.60. The maximum Gasteiger partial charge on any atom is 0.391 e. The summed E-state index contributed by atoms with van der Waals surface area (Å²) in [5.41, 5.74) is 1.57. The smallest absolute Gasteiger partial charge is 0.391 e. The number of fused-ring (bicyclic) bond motifs is 1. The zero-order valence-corrected chi connectivity index (χ0v) is 13.5. The second-order valence-electron chi connectivity index (χ2n) is 5.86. The van der Waals surface area contributed by atoms with Gasteiger partial charge in [0.05, 0.1) is 35.4 Å². The molecule has 2 aromatic carbocycles. The first-order valence-corrected chi connectivity index (χ1v) is 7.83. The van der Waals surface area contributed by atoms with E-state index in [9.17, 15) is 18.0 Å². The van der Waals surface area contributed by atoms with E-state index in [0.29, 0.717) is 11.3 Å². The summed E-state index contributed by atoms with van der Waals surface area (Å²) >= 11 is 0. The number of pyridine rings is 1. The molecule has 2 N–H and O–H groups in total. The first kappa shape index (κ1) is 17.7. The van der Waals surface area contributed by atoms with Crippen molar-refractivity contribution in [2.24, 2.45) is 0 Å². The van der Waals surface area contributed by atoms with Crippen LogP contribution in [0.25, 0.3) is 10.9 Å². The third-order valence-corrected chi connectivity index (χ3v) is 3.93. The molecule has 0 aliphatic carbocycles. The van der Waals surface area contributed by atoms with Gasteiger partial charge < -0.3 is 10.4 Å². The summed E-state index contributed by atoms with van der Waals surface area (Å²) in [4.78, 5) is 15.2. The lowest BCUT2D eigenvalue weighted by atomic mass is 10.0. The third kappa shape index (κ3) is 4.30. The van der Waals surface area contributed by atoms with E-state index < -0.39 is 24.6 Å². The van der Waals surface area contributed by atoms with Gasteiger partial charge in [-0.15, -0.1) is 0 Å². The number of benzene rings is 2. The van der Waals surface area contributed by atoms with Crippen LogP contribution in [0, 0.1) is 0 Å². The van der Waals surface area contributed by atoms with Crippen LogP contribution in [0.15, 0.2) is 60.8 Å². The summed E-state index contributed by atoms with van der Waals surface area (Å²) in [6.45, 7) is 0. The van der Waals surface area contributed by atoms with Gasteiger partial charge in [0.15, 0.2) is 0 Å². The number of aromatic nitrogens is 1. The molecule has 26 heavy (non-hydrogen) atoms. The molecule has 0 aliphatic rings. The average molecular weight is 360 g/mol. The van der Waals surface area contributed by atoms with Crippen molar-refractivity contribution < 1.29 is 23.1 Å². The van der Waals surface area contributed by atoms with Gasteiger partial charge in [0.25, 0.3) is 0 Å². The van der Waals surface area contributed by atoms with Crippen LogP contribution < -0.4 is 5.32 Å². The predicted molar refractivity (Wildman–Crippen MR) is 92.2 cm³/mol. The molecule has 1 atom stereocenters. The Morgan fingerprint density at radius 1 is 1.12 bits per heavy atom. The molecule has 1 unspecified atom stereocenters. The molecule has 0 amide bonds. The van der Waals surface area contributed by atoms with E-state index in [0.717, 1.165) is 10.9 Å². The number of nitrogens with zero attached hydrogens (tertiary/aromatic N) is 1. The fourth-order valence-electron chi connectivity index (χ4n) is 2.69. The number of hydrogen-bond donors (Lipinski definition) is 2. The molecule has 0 saturated heterocycles. The van der Waals surface area contributed by atoms with Gasteiger partial charge in [-0.1, -0.05) is 30.3 Å². The molecule has 1 heterocycles. The number of aromatic carboxylic acids is 1. The fraction of sp³-hybridized carbons (Fsp3) is 0.158. The van der Waals surface area contributed by atoms with Gasteiger partial charge in [-0.05, 0) is 29.8 Å². The quantitative estimate of drug-likeness (QED) is 0.669. The van der Waals surface area contributed by atoms with Crippen LogP contribution in [0.3, 0.4) is 0 Å². The van der Waals surface area contributed by atoms with Gasteiger partial charge in [0, 0.05) is 5.39 Å². The van der Waals surface area contributed by atoms with Gasteiger partial charge in [0.2, 0.25) is 0 Å². The van der Waals surface area contributed by atoms with Gasteiger partial charge >= 0.3 is 12.1 Å². The number of rotatable bonds is 5. The lowest BCUT2D eigenvalue weighted by Crippen LogP contribution is -2.20. The van der Waals surface area contributed by atoms with E-state index in [1.807, 2.05) is 24.3 Å². The molecule has 0 fully saturated rings. The molecule has 3 rings (SSSR count). The first-order valence-electron chi connectivity index (χ1n) is 7.83. The van der Waals surface area contributed by atoms with Gasteiger partial charge in [-0.3, -0.25) is 4.98 Å². The fourth-order valence-corrected chi connectivity index (χ4v) is 2.69. The van der Waals surface area contributed by atoms with E-state index >= 15 is 0 Å². The highest BCUT2D eigenvalue weighted by Crippen LogP contribution is 2.32. The summed E-state index contributed by atoms with van der Waals surface area (Å²) in [5, 5.41) is 12.6. The topological polar surface area (TPSA) is 62.2 Å². The van der Waals surface area contributed by atoms with Crippen molar-refractivity contribution >= 4 is 22.6 Å². The molecular formula is C19H15F3N2O2. The van der Waals surface area contributed by atoms with Gasteiger partial charge in [-0.25, -0.2) is 4.79 Å². The molecule has 0 radical (unpaired) electrons. The second-order valence-corrected chi connectivity index (χ2v) is 5.86. The van der Waals surface area contributed by atoms with Crippen LogP contribution in [0.5, 0.6) is 0 Å². The highest BCUT2D eigenvalue weighted by molar-refractivity contribution is 5.87. The lowest BCUT2D eigenvalue weighted by Gasteiger charge is -2.22. The van der Waals surface area contributed by atoms with Crippen LogP contribution in [0.1, 0.15) is 28.4 Å². The number of carbonyl (C=O) groups is 1. The Balaban J connectivity index is 1.90. The zero-order valence-electron chi connectivity index (χ0n) is 13.5. The van der Waals surface area contributed by atoms with E-state index in [2.05, 4.69) is 10.3 Å². The largest absolute Gasteiger partial charge is 0.478 e. The van der Waals surface area contributed by atoms with Crippen LogP contribution in [-0.2, 0) is 0 Å². The molecular weight excluding hydrogens is 345 g/mol. The van der Waals surface area contributed by atoms with Crippen molar-refractivity contribution in [1.82, 2.24) is 4.98 Å². The molecule has 4 nitrogen and oxygen atoms in total. The van der Waals surface area contributed by atoms with E-state index in [1.54, 1.807) is 6.07 Å². The molecule has 0 spiro atoms. The van der Waals surface area contributed by atoms with E-state index in [-0.39, 0.29) is 5.56 Å². The first-order chi connectivity index (χ1) is 12.3. The van der Waals surface area contributed by atoms with Crippen molar-refractivity contribution in [3.8, 4) is 0 Å². The molecule has 3 aromatic rings. The minimum Gasteiger partial charge on any atom is -0.478 e. The van der Waals surface area contributed by atoms with Crippen molar-refractivity contribution in [2.75, 3.05) is 5.32 Å². The summed E-state index contributed by atoms with van der Waals surface area (Å²) < 4.78 is 39.0. The monoisotopic (exact) mass is 360 g/mol. The summed E-state index contributed by atoms with van der Waals surface area (Å²) in [5.74, 6) is -1.13. The van der Waals surface area contributed by atoms with E-state index in [1.165, 1.54) is 30.5 Å². The Morgan fingerprint density at radius 2 is 1.81 bits per heavy atom. The number of alkyl halides is 3. The van der Waals surface area contributed by atoms with Crippen LogP contribution in [-0.4, -0.2) is 22.2 Å². The van der Waals surface area contributed by atoms with Crippen molar-refractivity contribution in [2.45, 2.75) is 18.6 Å². The van der Waals surface area contributed by atoms with Crippen molar-refractivity contribution in [3.05, 3.63) is 71.9 Å². The number of nitrogens with one attached hydrogen (secondary N) is 1. The van der Waals surface area contributed by atoms with Gasteiger partial charge in [0.1, 0.15) is 0 Å². The Bertz CT molecular complexity index is 924. The zero-order chi connectivity index (χ0) is 18.7. The molecule has 134 valence electrons. The molecule has 1 aromatic heterocycles. The van der Waals surface area contributed by atoms with Crippen LogP contribution >= 0.6 is 0 Å². The second kappa shape index (κ2) is 7.03.